The quantitative estimate of drug-likeness (QED) is 0.883. The number of ether oxygens (including phenoxy) is 1. The molecule has 0 aliphatic carbocycles. The van der Waals surface area contributed by atoms with Crippen molar-refractivity contribution in [2.45, 2.75) is 25.9 Å². The number of aryl methyl sites for hydroxylation is 1. The maximum atomic E-state index is 6.27. The van der Waals surface area contributed by atoms with Crippen molar-refractivity contribution in [2.24, 2.45) is 0 Å². The molecule has 2 rings (SSSR count). The molecule has 1 unspecified atom stereocenters. The molecule has 0 saturated heterocycles. The maximum absolute atomic E-state index is 6.27. The summed E-state index contributed by atoms with van der Waals surface area (Å²) in [5.74, 6) is 0.483. The topological polar surface area (TPSA) is 64.9 Å². The number of rotatable bonds is 6. The van der Waals surface area contributed by atoms with Gasteiger partial charge < -0.3 is 10.1 Å². The van der Waals surface area contributed by atoms with E-state index in [0.29, 0.717) is 10.9 Å². The second-order valence-electron chi connectivity index (χ2n) is 4.32. The van der Waals surface area contributed by atoms with Gasteiger partial charge in [-0.3, -0.25) is 4.68 Å². The minimum atomic E-state index is -0.157. The number of hydrogen-bond donors (Lipinski definition) is 1. The summed E-state index contributed by atoms with van der Waals surface area (Å²) in [4.78, 5) is 0. The molecule has 7 heteroatoms. The van der Waals surface area contributed by atoms with E-state index in [1.807, 2.05) is 17.8 Å². The minimum Gasteiger partial charge on any atom is -0.480 e. The summed E-state index contributed by atoms with van der Waals surface area (Å²) in [5.41, 5.74) is 1.67. The highest BCUT2D eigenvalue weighted by atomic mass is 35.5. The van der Waals surface area contributed by atoms with Crippen molar-refractivity contribution in [3.05, 3.63) is 34.7 Å². The zero-order valence-electron chi connectivity index (χ0n) is 11.8. The Balaban J connectivity index is 2.38. The smallest absolute Gasteiger partial charge is 0.233 e. The number of hydrogen-bond acceptors (Lipinski definition) is 5. The van der Waals surface area contributed by atoms with Crippen molar-refractivity contribution in [1.82, 2.24) is 25.3 Å². The Morgan fingerprint density at radius 2 is 2.20 bits per heavy atom. The Kier molecular flexibility index (Phi) is 4.92. The first-order chi connectivity index (χ1) is 9.71. The van der Waals surface area contributed by atoms with E-state index in [2.05, 4.69) is 27.5 Å². The first kappa shape index (κ1) is 14.7. The van der Waals surface area contributed by atoms with Crippen molar-refractivity contribution in [1.29, 1.82) is 0 Å². The molecule has 2 aromatic rings. The van der Waals surface area contributed by atoms with Gasteiger partial charge in [0.05, 0.1) is 35.8 Å². The molecule has 0 spiro atoms. The lowest BCUT2D eigenvalue weighted by Gasteiger charge is -2.17. The number of halogens is 1. The summed E-state index contributed by atoms with van der Waals surface area (Å²) in [6.07, 6.45) is 2.64. The molecule has 0 saturated carbocycles. The summed E-state index contributed by atoms with van der Waals surface area (Å²) in [5, 5.41) is 16.3. The fourth-order valence-corrected chi connectivity index (χ4v) is 2.32. The van der Waals surface area contributed by atoms with E-state index in [0.717, 1.165) is 24.4 Å². The lowest BCUT2D eigenvalue weighted by atomic mass is 10.1. The summed E-state index contributed by atoms with van der Waals surface area (Å²) in [6, 6.07) is 3.49. The van der Waals surface area contributed by atoms with Gasteiger partial charge >= 0.3 is 0 Å². The molecule has 1 atom stereocenters. The average Bonchev–Trinajstić information content (AvgIpc) is 2.83. The van der Waals surface area contributed by atoms with E-state index >= 15 is 0 Å². The summed E-state index contributed by atoms with van der Waals surface area (Å²) >= 11 is 6.27. The van der Waals surface area contributed by atoms with Gasteiger partial charge in [0.1, 0.15) is 0 Å². The predicted octanol–water partition coefficient (Wildman–Crippen LogP) is 2.05. The summed E-state index contributed by atoms with van der Waals surface area (Å²) < 4.78 is 6.92. The first-order valence-corrected chi connectivity index (χ1v) is 6.85. The highest BCUT2D eigenvalue weighted by Crippen LogP contribution is 2.27. The monoisotopic (exact) mass is 295 g/mol. The van der Waals surface area contributed by atoms with Gasteiger partial charge in [-0.05, 0) is 19.5 Å². The second-order valence-corrected chi connectivity index (χ2v) is 4.73. The third-order valence-corrected chi connectivity index (χ3v) is 3.29. The van der Waals surface area contributed by atoms with Crippen molar-refractivity contribution < 1.29 is 4.74 Å². The molecular weight excluding hydrogens is 278 g/mol. The highest BCUT2D eigenvalue weighted by Gasteiger charge is 2.22. The number of nitrogens with zero attached hydrogens (tertiary/aromatic N) is 4. The van der Waals surface area contributed by atoms with E-state index in [-0.39, 0.29) is 6.04 Å². The van der Waals surface area contributed by atoms with Gasteiger partial charge in [0.15, 0.2) is 0 Å². The first-order valence-electron chi connectivity index (χ1n) is 6.47. The standard InChI is InChI=1S/C13H18ClN5O/c1-4-7-19-13(9(14)8-16-19)12(15-2)10-5-6-11(20-3)18-17-10/h5-6,8,12,15H,4,7H2,1-3H3. The molecule has 6 nitrogen and oxygen atoms in total. The van der Waals surface area contributed by atoms with E-state index in [1.54, 1.807) is 19.4 Å². The molecule has 0 fully saturated rings. The van der Waals surface area contributed by atoms with Gasteiger partial charge in [0.25, 0.3) is 0 Å². The predicted molar refractivity (Wildman–Crippen MR) is 77.0 cm³/mol. The van der Waals surface area contributed by atoms with Crippen molar-refractivity contribution in [3.63, 3.8) is 0 Å². The van der Waals surface area contributed by atoms with Gasteiger partial charge in [-0.2, -0.15) is 5.10 Å². The molecule has 2 heterocycles. The zero-order valence-corrected chi connectivity index (χ0v) is 12.6. The van der Waals surface area contributed by atoms with E-state index in [9.17, 15) is 0 Å². The van der Waals surface area contributed by atoms with Crippen LogP contribution in [0, 0.1) is 0 Å². The number of aromatic nitrogens is 4. The van der Waals surface area contributed by atoms with Crippen LogP contribution in [0.1, 0.15) is 30.8 Å². The van der Waals surface area contributed by atoms with Crippen LogP contribution in [0.2, 0.25) is 5.02 Å². The molecule has 0 aliphatic rings. The van der Waals surface area contributed by atoms with Crippen LogP contribution in [0.5, 0.6) is 5.88 Å². The van der Waals surface area contributed by atoms with Gasteiger partial charge in [-0.15, -0.1) is 10.2 Å². The molecule has 0 radical (unpaired) electrons. The SMILES string of the molecule is CCCn1ncc(Cl)c1C(NC)c1ccc(OC)nn1. The number of methoxy groups -OCH3 is 1. The van der Waals surface area contributed by atoms with Crippen LogP contribution in [0.25, 0.3) is 0 Å². The Hall–Kier alpha value is -1.66. The molecule has 0 aliphatic heterocycles. The molecule has 2 aromatic heterocycles. The van der Waals surface area contributed by atoms with E-state index < -0.39 is 0 Å². The second kappa shape index (κ2) is 6.67. The molecule has 1 N–H and O–H groups in total. The van der Waals surface area contributed by atoms with Crippen LogP contribution >= 0.6 is 11.6 Å². The van der Waals surface area contributed by atoms with Crippen LogP contribution in [0.4, 0.5) is 0 Å². The van der Waals surface area contributed by atoms with Gasteiger partial charge in [0.2, 0.25) is 5.88 Å². The van der Waals surface area contributed by atoms with E-state index in [1.165, 1.54) is 0 Å². The molecular formula is C13H18ClN5O. The Bertz CT molecular complexity index is 554. The Labute approximate surface area is 123 Å². The lowest BCUT2D eigenvalue weighted by molar-refractivity contribution is 0.390. The van der Waals surface area contributed by atoms with Crippen LogP contribution < -0.4 is 10.1 Å². The van der Waals surface area contributed by atoms with Crippen LogP contribution in [-0.2, 0) is 6.54 Å². The maximum Gasteiger partial charge on any atom is 0.233 e. The fourth-order valence-electron chi connectivity index (χ4n) is 2.07. The molecule has 20 heavy (non-hydrogen) atoms. The number of nitrogens with one attached hydrogen (secondary N) is 1. The van der Waals surface area contributed by atoms with E-state index in [4.69, 9.17) is 16.3 Å². The third kappa shape index (κ3) is 2.91. The average molecular weight is 296 g/mol. The Morgan fingerprint density at radius 3 is 2.75 bits per heavy atom. The zero-order chi connectivity index (χ0) is 14.5. The minimum absolute atomic E-state index is 0.157. The Morgan fingerprint density at radius 1 is 1.40 bits per heavy atom. The summed E-state index contributed by atoms with van der Waals surface area (Å²) in [7, 11) is 3.42. The van der Waals surface area contributed by atoms with Crippen molar-refractivity contribution in [2.75, 3.05) is 14.2 Å². The third-order valence-electron chi connectivity index (χ3n) is 3.00. The van der Waals surface area contributed by atoms with Gasteiger partial charge in [-0.25, -0.2) is 0 Å². The highest BCUT2D eigenvalue weighted by molar-refractivity contribution is 6.31. The largest absolute Gasteiger partial charge is 0.480 e. The molecule has 0 bridgehead atoms. The van der Waals surface area contributed by atoms with Crippen LogP contribution in [-0.4, -0.2) is 34.1 Å². The van der Waals surface area contributed by atoms with Crippen LogP contribution in [0.3, 0.4) is 0 Å². The molecule has 0 amide bonds. The van der Waals surface area contributed by atoms with Crippen LogP contribution in [0.15, 0.2) is 18.3 Å². The van der Waals surface area contributed by atoms with Gasteiger partial charge in [0, 0.05) is 12.6 Å². The normalized spacial score (nSPS) is 12.4. The fraction of sp³-hybridized carbons (Fsp3) is 0.462. The van der Waals surface area contributed by atoms with Gasteiger partial charge in [-0.1, -0.05) is 18.5 Å². The summed E-state index contributed by atoms with van der Waals surface area (Å²) in [6.45, 7) is 2.91. The van der Waals surface area contributed by atoms with Crippen molar-refractivity contribution in [3.8, 4) is 5.88 Å². The van der Waals surface area contributed by atoms with Crippen molar-refractivity contribution >= 4 is 11.6 Å². The molecule has 0 aromatic carbocycles. The molecule has 108 valence electrons. The lowest BCUT2D eigenvalue weighted by Crippen LogP contribution is -2.23.